The number of hydrogen-bond donors (Lipinski definition) is 1. The Morgan fingerprint density at radius 2 is 2.14 bits per heavy atom. The standard InChI is InChI=1S/C21H26N4O3S/c1-6-28-12-7-8-13(16(9-12)27-4)18-17-14(10-21(2,3)11-15(17)26)22-19-23-20(29-5)24-25(18)19/h7-9,18H,6,10-11H2,1-5H3,(H,22,23,24)/t18-/m0/s1. The van der Waals surface area contributed by atoms with Crippen molar-refractivity contribution in [2.45, 2.75) is 44.8 Å². The SMILES string of the molecule is CCOc1ccc([C@H]2C3=C(CC(C)(C)CC3=O)Nc3nc(SC)nn32)c(OC)c1. The van der Waals surface area contributed by atoms with Gasteiger partial charge >= 0.3 is 0 Å². The van der Waals surface area contributed by atoms with Gasteiger partial charge in [-0.3, -0.25) is 4.79 Å². The van der Waals surface area contributed by atoms with Crippen LogP contribution in [0.4, 0.5) is 5.95 Å². The molecular weight excluding hydrogens is 388 g/mol. The number of methoxy groups -OCH3 is 1. The third kappa shape index (κ3) is 3.50. The number of carbonyl (C=O) groups is 1. The molecule has 2 aliphatic rings. The number of allylic oxidation sites excluding steroid dienone is 2. The molecule has 1 aromatic carbocycles. The fraction of sp³-hybridized carbons (Fsp3) is 0.476. The van der Waals surface area contributed by atoms with Crippen molar-refractivity contribution in [2.75, 3.05) is 25.3 Å². The van der Waals surface area contributed by atoms with Gasteiger partial charge in [0.05, 0.1) is 13.7 Å². The van der Waals surface area contributed by atoms with Crippen LogP contribution in [0, 0.1) is 5.41 Å². The zero-order valence-corrected chi connectivity index (χ0v) is 18.2. The summed E-state index contributed by atoms with van der Waals surface area (Å²) in [4.78, 5) is 17.9. The molecule has 1 aromatic heterocycles. The molecule has 2 heterocycles. The van der Waals surface area contributed by atoms with Crippen molar-refractivity contribution in [2.24, 2.45) is 5.41 Å². The van der Waals surface area contributed by atoms with Gasteiger partial charge in [-0.25, -0.2) is 4.68 Å². The summed E-state index contributed by atoms with van der Waals surface area (Å²) in [5.41, 5.74) is 2.45. The summed E-state index contributed by atoms with van der Waals surface area (Å²) >= 11 is 1.47. The summed E-state index contributed by atoms with van der Waals surface area (Å²) in [5.74, 6) is 2.19. The normalized spacial score (nSPS) is 20.0. The third-order valence-corrected chi connectivity index (χ3v) is 5.84. The lowest BCUT2D eigenvalue weighted by Gasteiger charge is -2.38. The Balaban J connectivity index is 1.90. The van der Waals surface area contributed by atoms with Gasteiger partial charge in [-0.1, -0.05) is 25.6 Å². The minimum atomic E-state index is -0.385. The molecule has 0 spiro atoms. The van der Waals surface area contributed by atoms with Gasteiger partial charge < -0.3 is 14.8 Å². The van der Waals surface area contributed by atoms with Gasteiger partial charge in [-0.15, -0.1) is 5.10 Å². The maximum Gasteiger partial charge on any atom is 0.227 e. The highest BCUT2D eigenvalue weighted by Gasteiger charge is 2.42. The van der Waals surface area contributed by atoms with Crippen molar-refractivity contribution < 1.29 is 14.3 Å². The second kappa shape index (κ2) is 7.40. The molecule has 29 heavy (non-hydrogen) atoms. The second-order valence-corrected chi connectivity index (χ2v) is 8.84. The van der Waals surface area contributed by atoms with Crippen molar-refractivity contribution in [3.05, 3.63) is 35.0 Å². The van der Waals surface area contributed by atoms with Gasteiger partial charge in [0.2, 0.25) is 11.1 Å². The highest BCUT2D eigenvalue weighted by atomic mass is 32.2. The molecular formula is C21H26N4O3S. The zero-order chi connectivity index (χ0) is 20.8. The van der Waals surface area contributed by atoms with E-state index in [1.54, 1.807) is 11.8 Å². The van der Waals surface area contributed by atoms with Gasteiger partial charge in [-0.2, -0.15) is 4.98 Å². The number of rotatable bonds is 5. The van der Waals surface area contributed by atoms with E-state index in [-0.39, 0.29) is 17.2 Å². The molecule has 2 aromatic rings. The number of ketones is 1. The summed E-state index contributed by atoms with van der Waals surface area (Å²) in [5, 5.41) is 8.69. The number of thioether (sulfide) groups is 1. The minimum Gasteiger partial charge on any atom is -0.496 e. The average molecular weight is 415 g/mol. The van der Waals surface area contributed by atoms with Crippen LogP contribution in [0.25, 0.3) is 0 Å². The molecule has 1 N–H and O–H groups in total. The molecule has 0 saturated heterocycles. The Kier molecular flexibility index (Phi) is 5.06. The molecule has 7 nitrogen and oxygen atoms in total. The fourth-order valence-electron chi connectivity index (χ4n) is 4.14. The number of ether oxygens (including phenoxy) is 2. The topological polar surface area (TPSA) is 78.3 Å². The maximum atomic E-state index is 13.3. The molecule has 1 atom stereocenters. The molecule has 4 rings (SSSR count). The number of aromatic nitrogens is 3. The lowest BCUT2D eigenvalue weighted by molar-refractivity contribution is -0.118. The predicted octanol–water partition coefficient (Wildman–Crippen LogP) is 4.07. The molecule has 8 heteroatoms. The van der Waals surface area contributed by atoms with E-state index in [4.69, 9.17) is 9.47 Å². The Morgan fingerprint density at radius 1 is 1.34 bits per heavy atom. The first kappa shape index (κ1) is 19.8. The lowest BCUT2D eigenvalue weighted by Crippen LogP contribution is -2.36. The molecule has 1 aliphatic heterocycles. The van der Waals surface area contributed by atoms with E-state index in [2.05, 4.69) is 29.2 Å². The van der Waals surface area contributed by atoms with Crippen LogP contribution in [0.15, 0.2) is 34.6 Å². The van der Waals surface area contributed by atoms with Crippen LogP contribution in [0.5, 0.6) is 11.5 Å². The smallest absolute Gasteiger partial charge is 0.227 e. The van der Waals surface area contributed by atoms with Gasteiger partial charge in [-0.05, 0) is 37.1 Å². The minimum absolute atomic E-state index is 0.0963. The average Bonchev–Trinajstić information content (AvgIpc) is 3.08. The van der Waals surface area contributed by atoms with Crippen molar-refractivity contribution in [3.63, 3.8) is 0 Å². The molecule has 0 bridgehead atoms. The molecule has 0 saturated carbocycles. The monoisotopic (exact) mass is 414 g/mol. The molecule has 0 amide bonds. The first-order chi connectivity index (χ1) is 13.9. The summed E-state index contributed by atoms with van der Waals surface area (Å²) in [7, 11) is 1.63. The fourth-order valence-corrected chi connectivity index (χ4v) is 4.48. The van der Waals surface area contributed by atoms with Crippen LogP contribution >= 0.6 is 11.8 Å². The number of nitrogens with one attached hydrogen (secondary N) is 1. The van der Waals surface area contributed by atoms with Gasteiger partial charge in [0.15, 0.2) is 5.78 Å². The third-order valence-electron chi connectivity index (χ3n) is 5.31. The van der Waals surface area contributed by atoms with E-state index < -0.39 is 0 Å². The largest absolute Gasteiger partial charge is 0.496 e. The number of Topliss-reactive ketones (excluding diaryl/α,β-unsaturated/α-hetero) is 1. The highest BCUT2D eigenvalue weighted by molar-refractivity contribution is 7.98. The Bertz CT molecular complexity index is 996. The molecule has 0 fully saturated rings. The van der Waals surface area contributed by atoms with Crippen LogP contribution in [0.1, 0.15) is 45.2 Å². The molecule has 154 valence electrons. The van der Waals surface area contributed by atoms with Crippen LogP contribution < -0.4 is 14.8 Å². The number of nitrogens with zero attached hydrogens (tertiary/aromatic N) is 3. The quantitative estimate of drug-likeness (QED) is 0.739. The summed E-state index contributed by atoms with van der Waals surface area (Å²) in [6.45, 7) is 6.76. The Morgan fingerprint density at radius 3 is 2.83 bits per heavy atom. The van der Waals surface area contributed by atoms with E-state index in [1.807, 2.05) is 31.4 Å². The summed E-state index contributed by atoms with van der Waals surface area (Å²) in [6.07, 6.45) is 3.23. The highest BCUT2D eigenvalue weighted by Crippen LogP contribution is 2.47. The number of fused-ring (bicyclic) bond motifs is 1. The lowest BCUT2D eigenvalue weighted by atomic mass is 9.73. The van der Waals surface area contributed by atoms with Crippen LogP contribution in [0.2, 0.25) is 0 Å². The van der Waals surface area contributed by atoms with Gasteiger partial charge in [0, 0.05) is 29.3 Å². The van der Waals surface area contributed by atoms with Crippen LogP contribution in [0.3, 0.4) is 0 Å². The number of benzene rings is 1. The van der Waals surface area contributed by atoms with Crippen molar-refractivity contribution in [1.29, 1.82) is 0 Å². The predicted molar refractivity (Wildman–Crippen MR) is 113 cm³/mol. The summed E-state index contributed by atoms with van der Waals surface area (Å²) in [6, 6.07) is 5.35. The number of anilines is 1. The van der Waals surface area contributed by atoms with Crippen molar-refractivity contribution in [1.82, 2.24) is 14.8 Å². The van der Waals surface area contributed by atoms with E-state index >= 15 is 0 Å². The number of hydrogen-bond acceptors (Lipinski definition) is 7. The Labute approximate surface area is 174 Å². The molecule has 1 aliphatic carbocycles. The second-order valence-electron chi connectivity index (χ2n) is 8.06. The molecule has 0 radical (unpaired) electrons. The van der Waals surface area contributed by atoms with E-state index in [0.29, 0.717) is 29.9 Å². The van der Waals surface area contributed by atoms with E-state index in [0.717, 1.165) is 29.0 Å². The first-order valence-corrected chi connectivity index (χ1v) is 10.9. The van der Waals surface area contributed by atoms with Gasteiger partial charge in [0.25, 0.3) is 0 Å². The van der Waals surface area contributed by atoms with E-state index in [1.165, 1.54) is 11.8 Å². The zero-order valence-electron chi connectivity index (χ0n) is 17.4. The molecule has 0 unspecified atom stereocenters. The summed E-state index contributed by atoms with van der Waals surface area (Å²) < 4.78 is 13.1. The first-order valence-electron chi connectivity index (χ1n) is 9.71. The Hall–Kier alpha value is -2.48. The van der Waals surface area contributed by atoms with Crippen LogP contribution in [-0.2, 0) is 4.79 Å². The van der Waals surface area contributed by atoms with Crippen molar-refractivity contribution >= 4 is 23.5 Å². The maximum absolute atomic E-state index is 13.3. The van der Waals surface area contributed by atoms with Crippen LogP contribution in [-0.4, -0.2) is 40.5 Å². The van der Waals surface area contributed by atoms with Crippen molar-refractivity contribution in [3.8, 4) is 11.5 Å². The number of carbonyl (C=O) groups excluding carboxylic acids is 1. The van der Waals surface area contributed by atoms with E-state index in [9.17, 15) is 4.79 Å². The van der Waals surface area contributed by atoms with Gasteiger partial charge in [0.1, 0.15) is 17.5 Å².